The minimum atomic E-state index is -1.61. The number of halogens is 8. The topological polar surface area (TPSA) is 9.23 Å². The van der Waals surface area contributed by atoms with E-state index >= 15 is 0 Å². The summed E-state index contributed by atoms with van der Waals surface area (Å²) in [4.78, 5) is -2.81. The minimum Gasteiger partial charge on any atom is -0.343 e. The van der Waals surface area contributed by atoms with Gasteiger partial charge in [-0.25, -0.2) is 0 Å². The largest absolute Gasteiger partial charge is 0.343 e. The van der Waals surface area contributed by atoms with Gasteiger partial charge in [-0.2, -0.15) is 0 Å². The lowest BCUT2D eigenvalue weighted by Crippen LogP contribution is -2.47. The highest BCUT2D eigenvalue weighted by Crippen LogP contribution is 2.79. The Morgan fingerprint density at radius 3 is 1.44 bits per heavy atom. The van der Waals surface area contributed by atoms with Crippen LogP contribution in [0.2, 0.25) is 0 Å². The molecule has 0 aromatic carbocycles. The molecule has 0 amide bonds. The first kappa shape index (κ1) is 14.9. The number of fused-ring (bicyclic) bond motifs is 5. The van der Waals surface area contributed by atoms with Crippen molar-refractivity contribution in [2.75, 3.05) is 0 Å². The van der Waals surface area contributed by atoms with Crippen LogP contribution in [-0.4, -0.2) is 25.2 Å². The van der Waals surface area contributed by atoms with E-state index in [0.29, 0.717) is 0 Å². The monoisotopic (exact) mass is 408 g/mol. The van der Waals surface area contributed by atoms with Gasteiger partial charge in [-0.15, -0.1) is 23.2 Å². The zero-order valence-corrected chi connectivity index (χ0v) is 14.3. The van der Waals surface area contributed by atoms with Crippen LogP contribution < -0.4 is 0 Å². The van der Waals surface area contributed by atoms with Gasteiger partial charge < -0.3 is 4.74 Å². The molecule has 9 heteroatoms. The summed E-state index contributed by atoms with van der Waals surface area (Å²) in [6.07, 6.45) is 0. The maximum Gasteiger partial charge on any atom is 0.167 e. The summed E-state index contributed by atoms with van der Waals surface area (Å²) in [5.74, 6) is -1.04. The molecule has 102 valence electrons. The number of rotatable bonds is 0. The normalized spacial score (nSPS) is 57.3. The molecule has 6 unspecified atom stereocenters. The molecule has 0 aromatic heterocycles. The highest BCUT2D eigenvalue weighted by molar-refractivity contribution is 6.66. The number of alkyl halides is 6. The summed E-state index contributed by atoms with van der Waals surface area (Å²) in [5, 5.41) is 0.208. The number of hydrogen-bond acceptors (Lipinski definition) is 1. The Kier molecular flexibility index (Phi) is 3.37. The summed E-state index contributed by atoms with van der Waals surface area (Å²) in [6.45, 7) is 0. The highest BCUT2D eigenvalue weighted by Gasteiger charge is 2.86. The molecular formula is C9H4Cl8O. The van der Waals surface area contributed by atoms with Crippen molar-refractivity contribution in [1.82, 2.24) is 0 Å². The fraction of sp³-hybridized carbons (Fsp3) is 0.778. The molecule has 0 aromatic rings. The molecule has 2 bridgehead atoms. The molecule has 18 heavy (non-hydrogen) atoms. The van der Waals surface area contributed by atoms with E-state index in [0.717, 1.165) is 0 Å². The van der Waals surface area contributed by atoms with Crippen molar-refractivity contribution in [3.05, 3.63) is 10.1 Å². The molecule has 1 saturated heterocycles. The van der Waals surface area contributed by atoms with Crippen LogP contribution >= 0.6 is 92.8 Å². The Labute approximate surface area is 143 Å². The van der Waals surface area contributed by atoms with Gasteiger partial charge in [-0.3, -0.25) is 0 Å². The first-order valence-corrected chi connectivity index (χ1v) is 8.01. The Morgan fingerprint density at radius 2 is 1.11 bits per heavy atom. The first-order valence-electron chi connectivity index (χ1n) is 4.87. The van der Waals surface area contributed by atoms with Crippen LogP contribution in [0.5, 0.6) is 0 Å². The second-order valence-corrected chi connectivity index (χ2v) is 8.65. The molecular weight excluding hydrogens is 408 g/mol. The zero-order valence-electron chi connectivity index (χ0n) is 8.24. The lowest BCUT2D eigenvalue weighted by molar-refractivity contribution is 0.112. The average Bonchev–Trinajstić information content (AvgIpc) is 2.68. The molecule has 1 heterocycles. The maximum absolute atomic E-state index is 6.54. The maximum atomic E-state index is 6.54. The van der Waals surface area contributed by atoms with E-state index in [4.69, 9.17) is 97.5 Å². The first-order chi connectivity index (χ1) is 8.11. The fourth-order valence-electron chi connectivity index (χ4n) is 3.05. The van der Waals surface area contributed by atoms with Crippen LogP contribution in [0.3, 0.4) is 0 Å². The predicted octanol–water partition coefficient (Wildman–Crippen LogP) is 5.22. The molecule has 1 nitrogen and oxygen atoms in total. The molecule has 0 spiro atoms. The van der Waals surface area contributed by atoms with Gasteiger partial charge in [0, 0.05) is 11.8 Å². The van der Waals surface area contributed by atoms with Crippen molar-refractivity contribution in [1.29, 1.82) is 0 Å². The number of allylic oxidation sites excluding steroid dienone is 2. The van der Waals surface area contributed by atoms with Crippen molar-refractivity contribution < 1.29 is 4.74 Å². The molecule has 1 aliphatic heterocycles. The molecule has 0 N–H and O–H groups in total. The van der Waals surface area contributed by atoms with Gasteiger partial charge in [0.05, 0.1) is 10.1 Å². The van der Waals surface area contributed by atoms with E-state index in [9.17, 15) is 0 Å². The fourth-order valence-corrected chi connectivity index (χ4v) is 7.18. The van der Waals surface area contributed by atoms with Crippen molar-refractivity contribution in [3.63, 3.8) is 0 Å². The molecule has 1 saturated carbocycles. The van der Waals surface area contributed by atoms with E-state index in [1.54, 1.807) is 0 Å². The quantitative estimate of drug-likeness (QED) is 0.496. The average molecular weight is 412 g/mol. The van der Waals surface area contributed by atoms with E-state index in [2.05, 4.69) is 0 Å². The third kappa shape index (κ3) is 1.27. The lowest BCUT2D eigenvalue weighted by atomic mass is 9.84. The van der Waals surface area contributed by atoms with Crippen LogP contribution in [0, 0.1) is 11.8 Å². The van der Waals surface area contributed by atoms with Gasteiger partial charge in [0.1, 0.15) is 20.9 Å². The summed E-state index contributed by atoms with van der Waals surface area (Å²) in [6, 6.07) is 0. The summed E-state index contributed by atoms with van der Waals surface area (Å²) in [5.41, 5.74) is -1.57. The van der Waals surface area contributed by atoms with Crippen LogP contribution in [0.25, 0.3) is 0 Å². The van der Waals surface area contributed by atoms with Gasteiger partial charge in [0.25, 0.3) is 0 Å². The van der Waals surface area contributed by atoms with E-state index in [1.165, 1.54) is 0 Å². The highest BCUT2D eigenvalue weighted by atomic mass is 35.5. The van der Waals surface area contributed by atoms with Gasteiger partial charge in [-0.1, -0.05) is 69.6 Å². The Morgan fingerprint density at radius 1 is 0.778 bits per heavy atom. The SMILES string of the molecule is ClC1=C(Cl)C2(Cl)C3C(Cl)OC(Cl)C3C1(Cl)C2(Cl)Cl. The summed E-state index contributed by atoms with van der Waals surface area (Å²) >= 11 is 50.3. The molecule has 0 radical (unpaired) electrons. The van der Waals surface area contributed by atoms with E-state index < -0.39 is 37.0 Å². The molecule has 2 fully saturated rings. The minimum absolute atomic E-state index is 0.104. The standard InChI is InChI=1S/C9H4Cl8O/c10-3-4(11)8(15)2-1(5(12)18-6(2)13)7(3,14)9(8,16)17/h1-2,5-6H. The molecule has 6 atom stereocenters. The van der Waals surface area contributed by atoms with Crippen LogP contribution in [0.15, 0.2) is 10.1 Å². The van der Waals surface area contributed by atoms with Crippen molar-refractivity contribution in [3.8, 4) is 0 Å². The lowest BCUT2D eigenvalue weighted by Gasteiger charge is -2.34. The molecule has 2 aliphatic carbocycles. The van der Waals surface area contributed by atoms with Crippen molar-refractivity contribution in [2.45, 2.75) is 25.2 Å². The van der Waals surface area contributed by atoms with Gasteiger partial charge in [-0.05, 0) is 0 Å². The second-order valence-electron chi connectivity index (χ2n) is 4.52. The zero-order chi connectivity index (χ0) is 13.7. The molecule has 3 rings (SSSR count). The van der Waals surface area contributed by atoms with E-state index in [-0.39, 0.29) is 10.1 Å². The van der Waals surface area contributed by atoms with Crippen molar-refractivity contribution in [2.24, 2.45) is 11.8 Å². The van der Waals surface area contributed by atoms with Crippen LogP contribution in [-0.2, 0) is 4.74 Å². The third-order valence-electron chi connectivity index (χ3n) is 3.88. The smallest absolute Gasteiger partial charge is 0.167 e. The number of hydrogen-bond donors (Lipinski definition) is 0. The van der Waals surface area contributed by atoms with Crippen LogP contribution in [0.1, 0.15) is 0 Å². The summed E-state index contributed by atoms with van der Waals surface area (Å²) < 4.78 is 3.72. The Balaban J connectivity index is 2.30. The third-order valence-corrected chi connectivity index (χ3v) is 8.92. The summed E-state index contributed by atoms with van der Waals surface area (Å²) in [7, 11) is 0. The Bertz CT molecular complexity index is 425. The second kappa shape index (κ2) is 4.06. The number of ether oxygens (including phenoxy) is 1. The Hall–Kier alpha value is 2.02. The van der Waals surface area contributed by atoms with Crippen LogP contribution in [0.4, 0.5) is 0 Å². The predicted molar refractivity (Wildman–Crippen MR) is 77.7 cm³/mol. The van der Waals surface area contributed by atoms with E-state index in [1.807, 2.05) is 0 Å². The molecule has 3 aliphatic rings. The van der Waals surface area contributed by atoms with Gasteiger partial charge in [0.15, 0.2) is 4.33 Å². The van der Waals surface area contributed by atoms with Gasteiger partial charge >= 0.3 is 0 Å². The van der Waals surface area contributed by atoms with Crippen molar-refractivity contribution >= 4 is 92.8 Å². The van der Waals surface area contributed by atoms with Gasteiger partial charge in [0.2, 0.25) is 0 Å².